The van der Waals surface area contributed by atoms with Crippen molar-refractivity contribution in [2.75, 3.05) is 0 Å². The maximum absolute atomic E-state index is 10.0. The lowest BCUT2D eigenvalue weighted by Crippen LogP contribution is -1.96. The first kappa shape index (κ1) is 6.96. The predicted octanol–water partition coefficient (Wildman–Crippen LogP) is 0.719. The average Bonchev–Trinajstić information content (AvgIpc) is 2.05. The summed E-state index contributed by atoms with van der Waals surface area (Å²) in [6.45, 7) is 0. The fraction of sp³-hybridized carbons (Fsp3) is 0.125. The fourth-order valence-electron chi connectivity index (χ4n) is 0.676. The Balaban J connectivity index is 2.84. The highest BCUT2D eigenvalue weighted by Crippen LogP contribution is 2.07. The zero-order valence-electron chi connectivity index (χ0n) is 5.32. The van der Waals surface area contributed by atoms with Gasteiger partial charge in [-0.15, -0.1) is 0 Å². The van der Waals surface area contributed by atoms with Crippen molar-refractivity contribution < 1.29 is 9.90 Å². The number of aliphatic hydroxyl groups excluding tert-OH is 1. The molecule has 0 saturated heterocycles. The highest BCUT2D eigenvalue weighted by atomic mass is 16.3. The number of aliphatic hydroxyl groups is 1. The number of hydrogen-bond acceptors (Lipinski definition) is 2. The molecule has 0 heterocycles. The summed E-state index contributed by atoms with van der Waals surface area (Å²) in [4.78, 5) is 10.0. The molecular formula is C8H7O2. The SMILES string of the molecule is O=CC(O)c1cc[c]cc1. The summed E-state index contributed by atoms with van der Waals surface area (Å²) in [5, 5.41) is 8.95. The fourth-order valence-corrected chi connectivity index (χ4v) is 0.676. The highest BCUT2D eigenvalue weighted by Gasteiger charge is 2.01. The van der Waals surface area contributed by atoms with E-state index in [1.54, 1.807) is 24.3 Å². The van der Waals surface area contributed by atoms with Gasteiger partial charge < -0.3 is 9.90 Å². The number of carbonyl (C=O) groups excluding carboxylic acids is 1. The van der Waals surface area contributed by atoms with Crippen molar-refractivity contribution in [1.29, 1.82) is 0 Å². The van der Waals surface area contributed by atoms with Gasteiger partial charge in [-0.3, -0.25) is 0 Å². The summed E-state index contributed by atoms with van der Waals surface area (Å²) in [5.74, 6) is 0. The van der Waals surface area contributed by atoms with Crippen LogP contribution in [0.1, 0.15) is 11.7 Å². The first-order valence-electron chi connectivity index (χ1n) is 2.94. The Morgan fingerprint density at radius 1 is 1.50 bits per heavy atom. The lowest BCUT2D eigenvalue weighted by molar-refractivity contribution is -0.115. The van der Waals surface area contributed by atoms with E-state index in [2.05, 4.69) is 6.07 Å². The first-order chi connectivity index (χ1) is 4.84. The largest absolute Gasteiger partial charge is 0.381 e. The molecule has 1 atom stereocenters. The third kappa shape index (κ3) is 1.42. The molecule has 0 aliphatic heterocycles. The Hall–Kier alpha value is -1.15. The van der Waals surface area contributed by atoms with Crippen LogP contribution in [0.25, 0.3) is 0 Å². The van der Waals surface area contributed by atoms with E-state index < -0.39 is 6.10 Å². The Kier molecular flexibility index (Phi) is 2.18. The molecule has 1 N–H and O–H groups in total. The zero-order valence-corrected chi connectivity index (χ0v) is 5.32. The smallest absolute Gasteiger partial charge is 0.153 e. The molecule has 1 aromatic rings. The molecule has 10 heavy (non-hydrogen) atoms. The van der Waals surface area contributed by atoms with Crippen LogP contribution in [0.15, 0.2) is 24.3 Å². The van der Waals surface area contributed by atoms with Gasteiger partial charge in [0, 0.05) is 0 Å². The molecule has 0 aliphatic rings. The minimum absolute atomic E-state index is 0.495. The van der Waals surface area contributed by atoms with E-state index in [0.717, 1.165) is 0 Å². The number of rotatable bonds is 2. The normalized spacial score (nSPS) is 12.5. The van der Waals surface area contributed by atoms with Crippen LogP contribution in [0.5, 0.6) is 0 Å². The summed E-state index contributed by atoms with van der Waals surface area (Å²) in [6, 6.07) is 9.40. The van der Waals surface area contributed by atoms with Crippen molar-refractivity contribution in [1.82, 2.24) is 0 Å². The Labute approximate surface area is 59.1 Å². The molecule has 0 aliphatic carbocycles. The number of carbonyl (C=O) groups is 1. The second-order valence-corrected chi connectivity index (χ2v) is 1.91. The highest BCUT2D eigenvalue weighted by molar-refractivity contribution is 5.59. The monoisotopic (exact) mass is 135 g/mol. The van der Waals surface area contributed by atoms with Crippen LogP contribution in [0, 0.1) is 6.07 Å². The molecule has 1 unspecified atom stereocenters. The van der Waals surface area contributed by atoms with E-state index in [9.17, 15) is 4.79 Å². The lowest BCUT2D eigenvalue weighted by atomic mass is 10.1. The Morgan fingerprint density at radius 3 is 2.60 bits per heavy atom. The van der Waals surface area contributed by atoms with Gasteiger partial charge in [-0.05, 0) is 11.6 Å². The number of aldehydes is 1. The number of hydrogen-bond donors (Lipinski definition) is 1. The minimum Gasteiger partial charge on any atom is -0.381 e. The molecule has 0 fully saturated rings. The Bertz CT molecular complexity index is 206. The maximum Gasteiger partial charge on any atom is 0.153 e. The van der Waals surface area contributed by atoms with Gasteiger partial charge in [0.25, 0.3) is 0 Å². The molecular weight excluding hydrogens is 128 g/mol. The number of benzene rings is 1. The van der Waals surface area contributed by atoms with Crippen molar-refractivity contribution in [2.24, 2.45) is 0 Å². The van der Waals surface area contributed by atoms with Gasteiger partial charge >= 0.3 is 0 Å². The molecule has 0 bridgehead atoms. The van der Waals surface area contributed by atoms with Gasteiger partial charge in [-0.2, -0.15) is 0 Å². The predicted molar refractivity (Wildman–Crippen MR) is 36.3 cm³/mol. The van der Waals surface area contributed by atoms with E-state index >= 15 is 0 Å². The quantitative estimate of drug-likeness (QED) is 0.606. The molecule has 0 saturated carbocycles. The van der Waals surface area contributed by atoms with Crippen molar-refractivity contribution in [2.45, 2.75) is 6.10 Å². The first-order valence-corrected chi connectivity index (χ1v) is 2.94. The van der Waals surface area contributed by atoms with E-state index in [-0.39, 0.29) is 0 Å². The second kappa shape index (κ2) is 3.13. The molecule has 51 valence electrons. The van der Waals surface area contributed by atoms with Gasteiger partial charge in [0.15, 0.2) is 6.29 Å². The van der Waals surface area contributed by atoms with E-state index in [4.69, 9.17) is 5.11 Å². The molecule has 2 nitrogen and oxygen atoms in total. The van der Waals surface area contributed by atoms with Gasteiger partial charge in [-0.25, -0.2) is 0 Å². The standard InChI is InChI=1S/C8H7O2/c9-6-8(10)7-4-2-1-3-5-7/h2-6,8,10H. The van der Waals surface area contributed by atoms with Crippen molar-refractivity contribution in [3.05, 3.63) is 35.9 Å². The maximum atomic E-state index is 10.0. The molecule has 1 aromatic carbocycles. The topological polar surface area (TPSA) is 37.3 Å². The Morgan fingerprint density at radius 2 is 2.10 bits per heavy atom. The molecule has 2 heteroatoms. The van der Waals surface area contributed by atoms with Crippen LogP contribution in [0.3, 0.4) is 0 Å². The van der Waals surface area contributed by atoms with Crippen LogP contribution >= 0.6 is 0 Å². The van der Waals surface area contributed by atoms with Crippen molar-refractivity contribution >= 4 is 6.29 Å². The van der Waals surface area contributed by atoms with Crippen LogP contribution in [-0.4, -0.2) is 11.4 Å². The van der Waals surface area contributed by atoms with E-state index in [0.29, 0.717) is 11.8 Å². The summed E-state index contributed by atoms with van der Waals surface area (Å²) in [6.07, 6.45) is -0.496. The third-order valence-electron chi connectivity index (χ3n) is 1.21. The van der Waals surface area contributed by atoms with Gasteiger partial charge in [0.2, 0.25) is 0 Å². The second-order valence-electron chi connectivity index (χ2n) is 1.91. The summed E-state index contributed by atoms with van der Waals surface area (Å²) in [5.41, 5.74) is 0.605. The average molecular weight is 135 g/mol. The molecule has 0 spiro atoms. The van der Waals surface area contributed by atoms with Gasteiger partial charge in [0.05, 0.1) is 0 Å². The summed E-state index contributed by atoms with van der Waals surface area (Å²) < 4.78 is 0. The van der Waals surface area contributed by atoms with Crippen LogP contribution < -0.4 is 0 Å². The summed E-state index contributed by atoms with van der Waals surface area (Å²) in [7, 11) is 0. The van der Waals surface area contributed by atoms with Crippen LogP contribution in [-0.2, 0) is 4.79 Å². The van der Waals surface area contributed by atoms with Crippen molar-refractivity contribution in [3.8, 4) is 0 Å². The van der Waals surface area contributed by atoms with Gasteiger partial charge in [-0.1, -0.05) is 24.3 Å². The zero-order chi connectivity index (χ0) is 7.40. The molecule has 0 amide bonds. The van der Waals surface area contributed by atoms with Crippen LogP contribution in [0.2, 0.25) is 0 Å². The van der Waals surface area contributed by atoms with E-state index in [1.165, 1.54) is 0 Å². The van der Waals surface area contributed by atoms with Crippen molar-refractivity contribution in [3.63, 3.8) is 0 Å². The lowest BCUT2D eigenvalue weighted by Gasteiger charge is -1.99. The summed E-state index contributed by atoms with van der Waals surface area (Å²) >= 11 is 0. The molecule has 1 radical (unpaired) electrons. The van der Waals surface area contributed by atoms with E-state index in [1.807, 2.05) is 0 Å². The van der Waals surface area contributed by atoms with Gasteiger partial charge in [0.1, 0.15) is 6.10 Å². The minimum atomic E-state index is -0.991. The molecule has 1 rings (SSSR count). The third-order valence-corrected chi connectivity index (χ3v) is 1.21. The molecule has 0 aromatic heterocycles. The van der Waals surface area contributed by atoms with Crippen LogP contribution in [0.4, 0.5) is 0 Å².